The fraction of sp³-hybridized carbons (Fsp3) is 0.231. The van der Waals surface area contributed by atoms with Gasteiger partial charge in [-0.25, -0.2) is 0 Å². The minimum absolute atomic E-state index is 0.210. The first-order valence-corrected chi connectivity index (χ1v) is 7.40. The molecule has 0 aliphatic carbocycles. The number of carbonyl (C=O) groups is 1. The third-order valence-corrected chi connectivity index (χ3v) is 3.23. The summed E-state index contributed by atoms with van der Waals surface area (Å²) in [5.74, 6) is -0.489. The molecule has 8 heteroatoms. The third-order valence-electron chi connectivity index (χ3n) is 2.35. The highest BCUT2D eigenvalue weighted by molar-refractivity contribution is 7.80. The minimum atomic E-state index is -1.78. The van der Waals surface area contributed by atoms with Crippen LogP contribution in [0, 0.1) is 6.92 Å². The average Bonchev–Trinajstić information content (AvgIpc) is 2.36. The van der Waals surface area contributed by atoms with E-state index >= 15 is 0 Å². The molecule has 0 bridgehead atoms. The zero-order valence-corrected chi connectivity index (χ0v) is 14.2. The maximum absolute atomic E-state index is 11.3. The number of aryl methyl sites for hydroxylation is 1. The van der Waals surface area contributed by atoms with Crippen molar-refractivity contribution in [3.05, 3.63) is 42.5 Å². The molecule has 0 radical (unpaired) electrons. The van der Waals surface area contributed by atoms with E-state index in [1.54, 1.807) is 0 Å². The van der Waals surface area contributed by atoms with E-state index in [4.69, 9.17) is 47.0 Å². The van der Waals surface area contributed by atoms with E-state index in [-0.39, 0.29) is 5.11 Å². The number of amides is 1. The number of nitrogens with one attached hydrogen (secondary N) is 3. The molecule has 0 saturated carbocycles. The van der Waals surface area contributed by atoms with E-state index in [2.05, 4.69) is 22.5 Å². The molecule has 1 aromatic rings. The molecule has 1 atom stereocenters. The van der Waals surface area contributed by atoms with Crippen molar-refractivity contribution < 1.29 is 4.79 Å². The summed E-state index contributed by atoms with van der Waals surface area (Å²) in [4.78, 5) is 11.3. The standard InChI is InChI=1S/C13H14Cl3N3OS/c1-3-10(20)18-11(13(14,15)16)19-12(21)17-9-6-4-5-8(2)7-9/h3-7,11H,1H2,2H3,(H,18,20)(H2,17,19,21)/t11-/m1/s1. The van der Waals surface area contributed by atoms with Crippen molar-refractivity contribution in [1.29, 1.82) is 0 Å². The lowest BCUT2D eigenvalue weighted by molar-refractivity contribution is -0.117. The van der Waals surface area contributed by atoms with Crippen LogP contribution in [0.5, 0.6) is 0 Å². The second-order valence-electron chi connectivity index (χ2n) is 4.16. The maximum atomic E-state index is 11.3. The van der Waals surface area contributed by atoms with Gasteiger partial charge in [-0.15, -0.1) is 0 Å². The van der Waals surface area contributed by atoms with Crippen LogP contribution >= 0.6 is 47.0 Å². The van der Waals surface area contributed by atoms with Crippen LogP contribution < -0.4 is 16.0 Å². The van der Waals surface area contributed by atoms with Crippen molar-refractivity contribution >= 4 is 63.7 Å². The summed E-state index contributed by atoms with van der Waals surface area (Å²) in [5, 5.41) is 8.33. The van der Waals surface area contributed by atoms with Crippen LogP contribution in [0.15, 0.2) is 36.9 Å². The molecule has 0 spiro atoms. The maximum Gasteiger partial charge on any atom is 0.245 e. The van der Waals surface area contributed by atoms with Gasteiger partial charge in [0, 0.05) is 5.69 Å². The molecule has 0 fully saturated rings. The molecule has 1 rings (SSSR count). The Morgan fingerprint density at radius 2 is 2.05 bits per heavy atom. The van der Waals surface area contributed by atoms with E-state index in [9.17, 15) is 4.79 Å². The molecule has 0 aromatic heterocycles. The predicted octanol–water partition coefficient (Wildman–Crippen LogP) is 3.28. The van der Waals surface area contributed by atoms with Gasteiger partial charge < -0.3 is 16.0 Å². The molecule has 0 aliphatic heterocycles. The molecule has 1 amide bonds. The predicted molar refractivity (Wildman–Crippen MR) is 93.0 cm³/mol. The van der Waals surface area contributed by atoms with Crippen molar-refractivity contribution in [3.63, 3.8) is 0 Å². The van der Waals surface area contributed by atoms with Crippen molar-refractivity contribution in [2.45, 2.75) is 16.9 Å². The Morgan fingerprint density at radius 3 is 2.57 bits per heavy atom. The SMILES string of the molecule is C=CC(=O)N[C@H](NC(=S)Nc1cccc(C)c1)C(Cl)(Cl)Cl. The van der Waals surface area contributed by atoms with Crippen LogP contribution in [-0.2, 0) is 4.79 Å². The van der Waals surface area contributed by atoms with Crippen LogP contribution in [0.4, 0.5) is 5.69 Å². The number of hydrogen-bond acceptors (Lipinski definition) is 2. The number of carbonyl (C=O) groups excluding carboxylic acids is 1. The zero-order valence-electron chi connectivity index (χ0n) is 11.1. The zero-order chi connectivity index (χ0) is 16.0. The number of hydrogen-bond donors (Lipinski definition) is 3. The highest BCUT2D eigenvalue weighted by atomic mass is 35.6. The lowest BCUT2D eigenvalue weighted by Crippen LogP contribution is -2.55. The average molecular weight is 367 g/mol. The monoisotopic (exact) mass is 365 g/mol. The van der Waals surface area contributed by atoms with Crippen LogP contribution in [0.3, 0.4) is 0 Å². The van der Waals surface area contributed by atoms with Gasteiger partial charge in [-0.1, -0.05) is 53.5 Å². The largest absolute Gasteiger partial charge is 0.339 e. The van der Waals surface area contributed by atoms with Gasteiger partial charge in [-0.3, -0.25) is 4.79 Å². The summed E-state index contributed by atoms with van der Waals surface area (Å²) in [7, 11) is 0. The molecule has 0 unspecified atom stereocenters. The van der Waals surface area contributed by atoms with Gasteiger partial charge in [-0.05, 0) is 42.9 Å². The Hall–Kier alpha value is -1.01. The summed E-state index contributed by atoms with van der Waals surface area (Å²) in [6.07, 6.45) is 0.0695. The Balaban J connectivity index is 2.72. The normalized spacial score (nSPS) is 12.2. The summed E-state index contributed by atoms with van der Waals surface area (Å²) >= 11 is 22.6. The molecule has 114 valence electrons. The number of alkyl halides is 3. The van der Waals surface area contributed by atoms with E-state index in [1.165, 1.54) is 0 Å². The van der Waals surface area contributed by atoms with E-state index in [1.807, 2.05) is 31.2 Å². The van der Waals surface area contributed by atoms with Crippen molar-refractivity contribution in [1.82, 2.24) is 10.6 Å². The molecular weight excluding hydrogens is 353 g/mol. The summed E-state index contributed by atoms with van der Waals surface area (Å²) in [6.45, 7) is 5.29. The number of benzene rings is 1. The van der Waals surface area contributed by atoms with Gasteiger partial charge in [0.15, 0.2) is 5.11 Å². The summed E-state index contributed by atoms with van der Waals surface area (Å²) in [5.41, 5.74) is 1.85. The van der Waals surface area contributed by atoms with Gasteiger partial charge in [0.1, 0.15) is 6.17 Å². The lowest BCUT2D eigenvalue weighted by atomic mass is 10.2. The molecule has 3 N–H and O–H groups in total. The first kappa shape index (κ1) is 18.0. The van der Waals surface area contributed by atoms with Crippen LogP contribution in [0.1, 0.15) is 5.56 Å². The molecule has 0 aliphatic rings. The second-order valence-corrected chi connectivity index (χ2v) is 6.93. The summed E-state index contributed by atoms with van der Waals surface area (Å²) in [6, 6.07) is 7.58. The van der Waals surface area contributed by atoms with Crippen molar-refractivity contribution in [3.8, 4) is 0 Å². The van der Waals surface area contributed by atoms with Gasteiger partial charge in [0.25, 0.3) is 0 Å². The third kappa shape index (κ3) is 6.52. The molecule has 4 nitrogen and oxygen atoms in total. The second kappa shape index (κ2) is 7.84. The first-order valence-electron chi connectivity index (χ1n) is 5.86. The minimum Gasteiger partial charge on any atom is -0.339 e. The number of rotatable bonds is 4. The molecule has 21 heavy (non-hydrogen) atoms. The fourth-order valence-electron chi connectivity index (χ4n) is 1.42. The Bertz CT molecular complexity index is 546. The van der Waals surface area contributed by atoms with E-state index in [0.717, 1.165) is 17.3 Å². The Labute approximate surface area is 143 Å². The Kier molecular flexibility index (Phi) is 6.74. The van der Waals surface area contributed by atoms with Gasteiger partial charge in [-0.2, -0.15) is 0 Å². The topological polar surface area (TPSA) is 53.2 Å². The number of anilines is 1. The molecule has 0 heterocycles. The van der Waals surface area contributed by atoms with Crippen molar-refractivity contribution in [2.24, 2.45) is 0 Å². The molecule has 1 aromatic carbocycles. The Morgan fingerprint density at radius 1 is 1.38 bits per heavy atom. The number of halogens is 3. The fourth-order valence-corrected chi connectivity index (χ4v) is 1.99. The quantitative estimate of drug-likeness (QED) is 0.331. The van der Waals surface area contributed by atoms with Gasteiger partial charge >= 0.3 is 0 Å². The lowest BCUT2D eigenvalue weighted by Gasteiger charge is -2.27. The highest BCUT2D eigenvalue weighted by Gasteiger charge is 2.34. The van der Waals surface area contributed by atoms with Crippen LogP contribution in [0.25, 0.3) is 0 Å². The van der Waals surface area contributed by atoms with Crippen LogP contribution in [-0.4, -0.2) is 21.0 Å². The first-order chi connectivity index (χ1) is 9.72. The van der Waals surface area contributed by atoms with E-state index < -0.39 is 15.9 Å². The molecular formula is C13H14Cl3N3OS. The van der Waals surface area contributed by atoms with Crippen LogP contribution in [0.2, 0.25) is 0 Å². The van der Waals surface area contributed by atoms with Gasteiger partial charge in [0.05, 0.1) is 0 Å². The summed E-state index contributed by atoms with van der Waals surface area (Å²) < 4.78 is -1.78. The van der Waals surface area contributed by atoms with Crippen molar-refractivity contribution in [2.75, 3.05) is 5.32 Å². The molecule has 0 saturated heterocycles. The van der Waals surface area contributed by atoms with E-state index in [0.29, 0.717) is 0 Å². The van der Waals surface area contributed by atoms with Gasteiger partial charge in [0.2, 0.25) is 9.70 Å². The smallest absolute Gasteiger partial charge is 0.245 e. The highest BCUT2D eigenvalue weighted by Crippen LogP contribution is 2.29. The number of thiocarbonyl (C=S) groups is 1.